The first-order valence-corrected chi connectivity index (χ1v) is 7.18. The highest BCUT2D eigenvalue weighted by molar-refractivity contribution is 5.94. The Labute approximate surface area is 123 Å². The number of rotatable bonds is 4. The molecule has 1 heterocycles. The van der Waals surface area contributed by atoms with Gasteiger partial charge in [-0.1, -0.05) is 0 Å². The van der Waals surface area contributed by atoms with Crippen LogP contribution in [0.5, 0.6) is 0 Å². The van der Waals surface area contributed by atoms with Crippen molar-refractivity contribution in [2.24, 2.45) is 0 Å². The number of likely N-dealkylation sites (N-methyl/N-ethyl adjacent to an activating group) is 1. The van der Waals surface area contributed by atoms with Crippen molar-refractivity contribution in [3.63, 3.8) is 0 Å². The fourth-order valence-corrected chi connectivity index (χ4v) is 2.59. The molecule has 4 nitrogen and oxygen atoms in total. The Morgan fingerprint density at radius 1 is 1.43 bits per heavy atom. The maximum Gasteiger partial charge on any atom is 0.241 e. The van der Waals surface area contributed by atoms with E-state index in [2.05, 4.69) is 15.5 Å². The van der Waals surface area contributed by atoms with Crippen LogP contribution in [0.1, 0.15) is 19.8 Å². The number of amides is 1. The van der Waals surface area contributed by atoms with E-state index in [0.29, 0.717) is 6.04 Å². The van der Waals surface area contributed by atoms with Crippen molar-refractivity contribution in [3.8, 4) is 0 Å². The summed E-state index contributed by atoms with van der Waals surface area (Å²) in [7, 11) is 1.91. The molecule has 0 saturated carbocycles. The molecule has 2 unspecified atom stereocenters. The third-order valence-corrected chi connectivity index (χ3v) is 3.98. The molecule has 1 aliphatic heterocycles. The van der Waals surface area contributed by atoms with E-state index in [-0.39, 0.29) is 17.6 Å². The molecule has 1 fully saturated rings. The first kappa shape index (κ1) is 15.9. The Hall–Kier alpha value is -1.53. The summed E-state index contributed by atoms with van der Waals surface area (Å²) in [5.74, 6) is -1.70. The summed E-state index contributed by atoms with van der Waals surface area (Å²) in [5, 5.41) is 5.74. The molecule has 1 saturated heterocycles. The summed E-state index contributed by atoms with van der Waals surface area (Å²) in [6.07, 6.45) is 2.11. The standard InChI is InChI=1S/C15H21F2N3O/c1-10(20-7-3-4-12(9-20)18-2)15(21)19-14-6-5-11(16)8-13(14)17/h5-6,8,10,12,18H,3-4,7,9H2,1-2H3,(H,19,21). The molecule has 1 amide bonds. The van der Waals surface area contributed by atoms with E-state index in [1.54, 1.807) is 6.92 Å². The van der Waals surface area contributed by atoms with Gasteiger partial charge in [-0.3, -0.25) is 9.69 Å². The summed E-state index contributed by atoms with van der Waals surface area (Å²) in [6.45, 7) is 3.43. The topological polar surface area (TPSA) is 44.4 Å². The quantitative estimate of drug-likeness (QED) is 0.893. The molecule has 0 spiro atoms. The maximum atomic E-state index is 13.6. The summed E-state index contributed by atoms with van der Waals surface area (Å²) in [5.41, 5.74) is 0.00965. The second-order valence-corrected chi connectivity index (χ2v) is 5.41. The average molecular weight is 297 g/mol. The minimum absolute atomic E-state index is 0.00965. The highest BCUT2D eigenvalue weighted by atomic mass is 19.1. The van der Waals surface area contributed by atoms with E-state index >= 15 is 0 Å². The number of hydrogen-bond acceptors (Lipinski definition) is 3. The van der Waals surface area contributed by atoms with Crippen LogP contribution in [-0.2, 0) is 4.79 Å². The molecule has 0 bridgehead atoms. The number of carbonyl (C=O) groups is 1. The van der Waals surface area contributed by atoms with Crippen molar-refractivity contribution in [1.82, 2.24) is 10.2 Å². The normalized spacial score (nSPS) is 21.0. The van der Waals surface area contributed by atoms with E-state index in [0.717, 1.165) is 38.1 Å². The second kappa shape index (κ2) is 6.95. The zero-order chi connectivity index (χ0) is 15.4. The van der Waals surface area contributed by atoms with E-state index in [9.17, 15) is 13.6 Å². The molecular formula is C15H21F2N3O. The number of nitrogens with zero attached hydrogens (tertiary/aromatic N) is 1. The molecule has 6 heteroatoms. The van der Waals surface area contributed by atoms with Crippen molar-refractivity contribution >= 4 is 11.6 Å². The van der Waals surface area contributed by atoms with Crippen LogP contribution in [0.4, 0.5) is 14.5 Å². The Bertz CT molecular complexity index is 510. The van der Waals surface area contributed by atoms with Crippen molar-refractivity contribution < 1.29 is 13.6 Å². The van der Waals surface area contributed by atoms with E-state index < -0.39 is 11.6 Å². The van der Waals surface area contributed by atoms with Crippen molar-refractivity contribution in [2.75, 3.05) is 25.5 Å². The lowest BCUT2D eigenvalue weighted by atomic mass is 10.0. The third-order valence-electron chi connectivity index (χ3n) is 3.98. The highest BCUT2D eigenvalue weighted by Crippen LogP contribution is 2.17. The smallest absolute Gasteiger partial charge is 0.241 e. The number of hydrogen-bond donors (Lipinski definition) is 2. The number of halogens is 2. The Balaban J connectivity index is 1.99. The predicted octanol–water partition coefficient (Wildman–Crippen LogP) is 1.98. The molecule has 1 aromatic carbocycles. The Morgan fingerprint density at radius 3 is 2.86 bits per heavy atom. The van der Waals surface area contributed by atoms with Gasteiger partial charge in [-0.2, -0.15) is 0 Å². The van der Waals surface area contributed by atoms with Crippen LogP contribution in [-0.4, -0.2) is 43.0 Å². The van der Waals surface area contributed by atoms with E-state index in [1.165, 1.54) is 6.07 Å². The van der Waals surface area contributed by atoms with Gasteiger partial charge in [0.15, 0.2) is 0 Å². The molecule has 0 radical (unpaired) electrons. The van der Waals surface area contributed by atoms with Gasteiger partial charge in [0.05, 0.1) is 11.7 Å². The summed E-state index contributed by atoms with van der Waals surface area (Å²) in [6, 6.07) is 3.14. The SMILES string of the molecule is CNC1CCCN(C(C)C(=O)Nc2ccc(F)cc2F)C1. The van der Waals surface area contributed by atoms with Crippen molar-refractivity contribution in [3.05, 3.63) is 29.8 Å². The Kier molecular flexibility index (Phi) is 5.25. The molecular weight excluding hydrogens is 276 g/mol. The number of piperidine rings is 1. The van der Waals surface area contributed by atoms with Crippen LogP contribution in [0.3, 0.4) is 0 Å². The van der Waals surface area contributed by atoms with Gasteiger partial charge in [0.2, 0.25) is 5.91 Å². The van der Waals surface area contributed by atoms with Crippen LogP contribution in [0.15, 0.2) is 18.2 Å². The maximum absolute atomic E-state index is 13.6. The first-order chi connectivity index (χ1) is 10.0. The van der Waals surface area contributed by atoms with Gasteiger partial charge >= 0.3 is 0 Å². The van der Waals surface area contributed by atoms with Crippen molar-refractivity contribution in [1.29, 1.82) is 0 Å². The zero-order valence-corrected chi connectivity index (χ0v) is 12.3. The molecule has 0 aliphatic carbocycles. The van der Waals surface area contributed by atoms with Gasteiger partial charge in [-0.25, -0.2) is 8.78 Å². The minimum atomic E-state index is -0.762. The average Bonchev–Trinajstić information content (AvgIpc) is 2.49. The predicted molar refractivity (Wildman–Crippen MR) is 78.1 cm³/mol. The molecule has 2 rings (SSSR count). The first-order valence-electron chi connectivity index (χ1n) is 7.18. The summed E-state index contributed by atoms with van der Waals surface area (Å²) < 4.78 is 26.4. The van der Waals surface area contributed by atoms with Gasteiger partial charge < -0.3 is 10.6 Å². The van der Waals surface area contributed by atoms with Gasteiger partial charge in [-0.05, 0) is 45.5 Å². The van der Waals surface area contributed by atoms with Crippen molar-refractivity contribution in [2.45, 2.75) is 31.8 Å². The lowest BCUT2D eigenvalue weighted by molar-refractivity contribution is -0.121. The van der Waals surface area contributed by atoms with Crippen LogP contribution < -0.4 is 10.6 Å². The Morgan fingerprint density at radius 2 is 2.19 bits per heavy atom. The number of carbonyl (C=O) groups excluding carboxylic acids is 1. The number of anilines is 1. The van der Waals surface area contributed by atoms with Crippen LogP contribution >= 0.6 is 0 Å². The van der Waals surface area contributed by atoms with Crippen LogP contribution in [0, 0.1) is 11.6 Å². The lowest BCUT2D eigenvalue weighted by Gasteiger charge is -2.35. The largest absolute Gasteiger partial charge is 0.322 e. The molecule has 2 N–H and O–H groups in total. The summed E-state index contributed by atoms with van der Waals surface area (Å²) in [4.78, 5) is 14.3. The van der Waals surface area contributed by atoms with Crippen LogP contribution in [0.2, 0.25) is 0 Å². The van der Waals surface area contributed by atoms with E-state index in [4.69, 9.17) is 0 Å². The van der Waals surface area contributed by atoms with E-state index in [1.807, 2.05) is 7.05 Å². The second-order valence-electron chi connectivity index (χ2n) is 5.41. The molecule has 116 valence electrons. The van der Waals surface area contributed by atoms with Gasteiger partial charge in [0, 0.05) is 18.7 Å². The molecule has 21 heavy (non-hydrogen) atoms. The van der Waals surface area contributed by atoms with Gasteiger partial charge in [0.25, 0.3) is 0 Å². The highest BCUT2D eigenvalue weighted by Gasteiger charge is 2.27. The van der Waals surface area contributed by atoms with Gasteiger partial charge in [-0.15, -0.1) is 0 Å². The number of nitrogens with one attached hydrogen (secondary N) is 2. The summed E-state index contributed by atoms with van der Waals surface area (Å²) >= 11 is 0. The minimum Gasteiger partial charge on any atom is -0.322 e. The molecule has 2 atom stereocenters. The number of benzene rings is 1. The fourth-order valence-electron chi connectivity index (χ4n) is 2.59. The van der Waals surface area contributed by atoms with Gasteiger partial charge in [0.1, 0.15) is 11.6 Å². The fraction of sp³-hybridized carbons (Fsp3) is 0.533. The zero-order valence-electron chi connectivity index (χ0n) is 12.3. The molecule has 1 aromatic rings. The monoisotopic (exact) mass is 297 g/mol. The molecule has 1 aliphatic rings. The van der Waals surface area contributed by atoms with Crippen LogP contribution in [0.25, 0.3) is 0 Å². The number of likely N-dealkylation sites (tertiary alicyclic amines) is 1. The third kappa shape index (κ3) is 3.98. The molecule has 0 aromatic heterocycles. The lowest BCUT2D eigenvalue weighted by Crippen LogP contribution is -2.51.